The minimum atomic E-state index is -0.807. The van der Waals surface area contributed by atoms with Crippen LogP contribution in [0, 0.1) is 11.8 Å². The third-order valence-electron chi connectivity index (χ3n) is 5.12. The van der Waals surface area contributed by atoms with Crippen LogP contribution in [0.1, 0.15) is 24.9 Å². The van der Waals surface area contributed by atoms with Gasteiger partial charge in [-0.1, -0.05) is 37.3 Å². The zero-order chi connectivity index (χ0) is 20.1. The summed E-state index contributed by atoms with van der Waals surface area (Å²) >= 11 is 0. The fraction of sp³-hybridized carbons (Fsp3) is 0.364. The molecular formula is C22H26N2O4. The summed E-state index contributed by atoms with van der Waals surface area (Å²) in [6.45, 7) is 3.07. The molecule has 6 nitrogen and oxygen atoms in total. The van der Waals surface area contributed by atoms with Crippen molar-refractivity contribution in [2.75, 3.05) is 25.5 Å². The molecule has 0 radical (unpaired) electrons. The van der Waals surface area contributed by atoms with Gasteiger partial charge in [0, 0.05) is 18.8 Å². The van der Waals surface area contributed by atoms with Gasteiger partial charge in [-0.2, -0.15) is 0 Å². The molecule has 0 saturated carbocycles. The number of ether oxygens (including phenoxy) is 1. The van der Waals surface area contributed by atoms with Crippen LogP contribution in [-0.2, 0) is 9.59 Å². The summed E-state index contributed by atoms with van der Waals surface area (Å²) < 4.78 is 5.16. The van der Waals surface area contributed by atoms with Crippen molar-refractivity contribution in [2.45, 2.75) is 19.4 Å². The SMILES string of the molecule is COc1ccc(NC(=O)C(c2ccccc2)N2CC(C)CC(C(=O)O)C2)cc1. The number of hydrogen-bond donors (Lipinski definition) is 2. The molecule has 2 N–H and O–H groups in total. The summed E-state index contributed by atoms with van der Waals surface area (Å²) in [6, 6.07) is 16.1. The first-order chi connectivity index (χ1) is 13.5. The highest BCUT2D eigenvalue weighted by Gasteiger charge is 2.36. The van der Waals surface area contributed by atoms with Crippen LogP contribution >= 0.6 is 0 Å². The van der Waals surface area contributed by atoms with Crippen LogP contribution in [0.25, 0.3) is 0 Å². The van der Waals surface area contributed by atoms with E-state index in [0.29, 0.717) is 30.9 Å². The van der Waals surface area contributed by atoms with Gasteiger partial charge < -0.3 is 15.2 Å². The lowest BCUT2D eigenvalue weighted by Gasteiger charge is -2.39. The van der Waals surface area contributed by atoms with Crippen LogP contribution < -0.4 is 10.1 Å². The molecule has 3 rings (SSSR count). The monoisotopic (exact) mass is 382 g/mol. The highest BCUT2D eigenvalue weighted by atomic mass is 16.5. The summed E-state index contributed by atoms with van der Waals surface area (Å²) in [5.41, 5.74) is 1.53. The van der Waals surface area contributed by atoms with E-state index >= 15 is 0 Å². The van der Waals surface area contributed by atoms with Crippen molar-refractivity contribution in [3.63, 3.8) is 0 Å². The van der Waals surface area contributed by atoms with Crippen molar-refractivity contribution in [3.8, 4) is 5.75 Å². The second-order valence-corrected chi connectivity index (χ2v) is 7.36. The fourth-order valence-corrected chi connectivity index (χ4v) is 3.83. The van der Waals surface area contributed by atoms with Gasteiger partial charge in [0.1, 0.15) is 11.8 Å². The number of carboxylic acid groups (broad SMARTS) is 1. The number of carboxylic acids is 1. The number of hydrogen-bond acceptors (Lipinski definition) is 4. The molecule has 0 aliphatic carbocycles. The molecule has 3 unspecified atom stereocenters. The summed E-state index contributed by atoms with van der Waals surface area (Å²) in [5.74, 6) is -0.529. The van der Waals surface area contributed by atoms with E-state index in [4.69, 9.17) is 4.74 Å². The second-order valence-electron chi connectivity index (χ2n) is 7.36. The zero-order valence-corrected chi connectivity index (χ0v) is 16.2. The number of likely N-dealkylation sites (tertiary alicyclic amines) is 1. The number of amides is 1. The Morgan fingerprint density at radius 2 is 1.79 bits per heavy atom. The lowest BCUT2D eigenvalue weighted by molar-refractivity contribution is -0.145. The molecule has 1 amide bonds. The van der Waals surface area contributed by atoms with E-state index < -0.39 is 17.9 Å². The van der Waals surface area contributed by atoms with Gasteiger partial charge >= 0.3 is 5.97 Å². The van der Waals surface area contributed by atoms with Crippen molar-refractivity contribution < 1.29 is 19.4 Å². The summed E-state index contributed by atoms with van der Waals surface area (Å²) in [5, 5.41) is 12.5. The van der Waals surface area contributed by atoms with Gasteiger partial charge in [0.05, 0.1) is 13.0 Å². The van der Waals surface area contributed by atoms with Crippen molar-refractivity contribution in [2.24, 2.45) is 11.8 Å². The highest BCUT2D eigenvalue weighted by molar-refractivity contribution is 5.95. The Bertz CT molecular complexity index is 807. The molecule has 0 aromatic heterocycles. The number of piperidine rings is 1. The predicted octanol–water partition coefficient (Wildman–Crippen LogP) is 3.42. The highest BCUT2D eigenvalue weighted by Crippen LogP contribution is 2.31. The number of rotatable bonds is 6. The smallest absolute Gasteiger partial charge is 0.307 e. The predicted molar refractivity (Wildman–Crippen MR) is 107 cm³/mol. The van der Waals surface area contributed by atoms with Gasteiger partial charge in [-0.15, -0.1) is 0 Å². The Hall–Kier alpha value is -2.86. The molecule has 3 atom stereocenters. The molecule has 1 heterocycles. The molecular weight excluding hydrogens is 356 g/mol. The van der Waals surface area contributed by atoms with Crippen LogP contribution in [0.2, 0.25) is 0 Å². The minimum Gasteiger partial charge on any atom is -0.497 e. The Kier molecular flexibility index (Phi) is 6.31. The molecule has 0 spiro atoms. The Balaban J connectivity index is 1.86. The molecule has 2 aromatic carbocycles. The molecule has 28 heavy (non-hydrogen) atoms. The van der Waals surface area contributed by atoms with E-state index in [1.807, 2.05) is 42.2 Å². The Morgan fingerprint density at radius 3 is 2.39 bits per heavy atom. The first-order valence-electron chi connectivity index (χ1n) is 9.44. The van der Waals surface area contributed by atoms with Crippen LogP contribution in [0.5, 0.6) is 5.75 Å². The Morgan fingerprint density at radius 1 is 1.11 bits per heavy atom. The van der Waals surface area contributed by atoms with E-state index in [0.717, 1.165) is 5.56 Å². The van der Waals surface area contributed by atoms with Gasteiger partial charge in [0.2, 0.25) is 5.91 Å². The van der Waals surface area contributed by atoms with Crippen molar-refractivity contribution in [1.82, 2.24) is 4.90 Å². The number of carbonyl (C=O) groups excluding carboxylic acids is 1. The van der Waals surface area contributed by atoms with Crippen molar-refractivity contribution >= 4 is 17.6 Å². The maximum absolute atomic E-state index is 13.2. The van der Waals surface area contributed by atoms with Gasteiger partial charge in [-0.25, -0.2) is 0 Å². The standard InChI is InChI=1S/C22H26N2O4/c1-15-12-17(22(26)27)14-24(13-15)20(16-6-4-3-5-7-16)21(25)23-18-8-10-19(28-2)11-9-18/h3-11,15,17,20H,12-14H2,1-2H3,(H,23,25)(H,26,27). The third-order valence-corrected chi connectivity index (χ3v) is 5.12. The second kappa shape index (κ2) is 8.89. The first-order valence-corrected chi connectivity index (χ1v) is 9.44. The largest absolute Gasteiger partial charge is 0.497 e. The van der Waals surface area contributed by atoms with Gasteiger partial charge in [-0.05, 0) is 42.2 Å². The molecule has 1 saturated heterocycles. The van der Waals surface area contributed by atoms with Crippen LogP contribution in [0.15, 0.2) is 54.6 Å². The summed E-state index contributed by atoms with van der Waals surface area (Å²) in [4.78, 5) is 26.8. The van der Waals surface area contributed by atoms with E-state index in [2.05, 4.69) is 5.32 Å². The van der Waals surface area contributed by atoms with Crippen LogP contribution in [0.3, 0.4) is 0 Å². The van der Waals surface area contributed by atoms with Gasteiger partial charge in [-0.3, -0.25) is 14.5 Å². The van der Waals surface area contributed by atoms with E-state index in [1.165, 1.54) is 0 Å². The molecule has 1 fully saturated rings. The van der Waals surface area contributed by atoms with Crippen LogP contribution in [0.4, 0.5) is 5.69 Å². The van der Waals surface area contributed by atoms with Gasteiger partial charge in [0.15, 0.2) is 0 Å². The molecule has 2 aromatic rings. The third kappa shape index (κ3) is 4.70. The molecule has 148 valence electrons. The average molecular weight is 382 g/mol. The lowest BCUT2D eigenvalue weighted by Crippen LogP contribution is -2.47. The zero-order valence-electron chi connectivity index (χ0n) is 16.2. The minimum absolute atomic E-state index is 0.172. The Labute approximate surface area is 165 Å². The van der Waals surface area contributed by atoms with Crippen LogP contribution in [-0.4, -0.2) is 42.1 Å². The van der Waals surface area contributed by atoms with E-state index in [1.54, 1.807) is 31.4 Å². The summed E-state index contributed by atoms with van der Waals surface area (Å²) in [7, 11) is 1.59. The first kappa shape index (κ1) is 19.9. The number of nitrogens with one attached hydrogen (secondary N) is 1. The molecule has 1 aliphatic heterocycles. The number of nitrogens with zero attached hydrogens (tertiary/aromatic N) is 1. The van der Waals surface area contributed by atoms with Crippen molar-refractivity contribution in [1.29, 1.82) is 0 Å². The maximum Gasteiger partial charge on any atom is 0.307 e. The number of aliphatic carboxylic acids is 1. The molecule has 1 aliphatic rings. The van der Waals surface area contributed by atoms with E-state index in [-0.39, 0.29) is 11.8 Å². The number of carbonyl (C=O) groups is 2. The molecule has 0 bridgehead atoms. The molecule has 6 heteroatoms. The van der Waals surface area contributed by atoms with E-state index in [9.17, 15) is 14.7 Å². The average Bonchev–Trinajstić information content (AvgIpc) is 2.69. The van der Waals surface area contributed by atoms with Gasteiger partial charge in [0.25, 0.3) is 0 Å². The fourth-order valence-electron chi connectivity index (χ4n) is 3.83. The summed E-state index contributed by atoms with van der Waals surface area (Å²) in [6.07, 6.45) is 0.632. The lowest BCUT2D eigenvalue weighted by atomic mass is 9.88. The normalized spacial score (nSPS) is 20.9. The quantitative estimate of drug-likeness (QED) is 0.800. The topological polar surface area (TPSA) is 78.9 Å². The number of methoxy groups -OCH3 is 1. The maximum atomic E-state index is 13.2. The van der Waals surface area contributed by atoms with Crippen molar-refractivity contribution in [3.05, 3.63) is 60.2 Å². The number of anilines is 1. The number of benzene rings is 2.